The van der Waals surface area contributed by atoms with Crippen LogP contribution in [-0.2, 0) is 6.54 Å². The number of para-hydroxylation sites is 1. The summed E-state index contributed by atoms with van der Waals surface area (Å²) in [4.78, 5) is 14.2. The fourth-order valence-corrected chi connectivity index (χ4v) is 3.14. The van der Waals surface area contributed by atoms with Crippen LogP contribution >= 0.6 is 0 Å². The van der Waals surface area contributed by atoms with Crippen molar-refractivity contribution >= 4 is 5.91 Å². The smallest absolute Gasteiger partial charge is 0.319 e. The maximum Gasteiger partial charge on any atom is 0.319 e. The summed E-state index contributed by atoms with van der Waals surface area (Å²) in [5, 5.41) is 38.6. The van der Waals surface area contributed by atoms with Crippen LogP contribution < -0.4 is 5.73 Å². The van der Waals surface area contributed by atoms with Crippen LogP contribution in [0.3, 0.4) is 0 Å². The van der Waals surface area contributed by atoms with Gasteiger partial charge in [0.15, 0.2) is 5.82 Å². The number of phenols is 2. The van der Waals surface area contributed by atoms with Crippen LogP contribution in [0.4, 0.5) is 0 Å². The Labute approximate surface area is 167 Å². The van der Waals surface area contributed by atoms with Crippen molar-refractivity contribution in [3.05, 3.63) is 47.5 Å². The second kappa shape index (κ2) is 8.19. The van der Waals surface area contributed by atoms with E-state index in [1.54, 1.807) is 25.2 Å². The minimum atomic E-state index is -0.400. The molecule has 0 fully saturated rings. The Bertz CT molecular complexity index is 1050. The first-order valence-electron chi connectivity index (χ1n) is 9.13. The van der Waals surface area contributed by atoms with Gasteiger partial charge in [0, 0.05) is 26.2 Å². The summed E-state index contributed by atoms with van der Waals surface area (Å²) in [6.45, 7) is 2.65. The number of aromatic nitrogens is 3. The van der Waals surface area contributed by atoms with Gasteiger partial charge in [-0.3, -0.25) is 4.79 Å². The molecule has 0 aliphatic rings. The van der Waals surface area contributed by atoms with Crippen LogP contribution in [0.2, 0.25) is 0 Å². The van der Waals surface area contributed by atoms with Gasteiger partial charge in [0.25, 0.3) is 5.91 Å². The number of benzene rings is 2. The molecule has 9 heteroatoms. The maximum atomic E-state index is 12.7. The largest absolute Gasteiger partial charge is 0.507 e. The number of amides is 1. The number of nitrogens with zero attached hydrogens (tertiary/aromatic N) is 4. The molecule has 5 N–H and O–H groups in total. The van der Waals surface area contributed by atoms with Crippen LogP contribution in [0, 0.1) is 0 Å². The topological polar surface area (TPSA) is 138 Å². The normalized spacial score (nSPS) is 10.9. The minimum absolute atomic E-state index is 0.00917. The van der Waals surface area contributed by atoms with Gasteiger partial charge in [-0.15, -0.1) is 5.10 Å². The van der Waals surface area contributed by atoms with Gasteiger partial charge >= 0.3 is 6.01 Å². The molecule has 0 saturated carbocycles. The van der Waals surface area contributed by atoms with E-state index in [-0.39, 0.29) is 35.0 Å². The lowest BCUT2D eigenvalue weighted by Crippen LogP contribution is -2.27. The lowest BCUT2D eigenvalue weighted by Gasteiger charge is -2.18. The molecule has 0 bridgehead atoms. The van der Waals surface area contributed by atoms with Crippen LogP contribution in [-0.4, -0.2) is 54.5 Å². The van der Waals surface area contributed by atoms with Gasteiger partial charge in [-0.05, 0) is 24.1 Å². The quantitative estimate of drug-likeness (QED) is 0.499. The highest BCUT2D eigenvalue weighted by atomic mass is 16.3. The molecule has 2 aromatic carbocycles. The molecule has 152 valence electrons. The van der Waals surface area contributed by atoms with Gasteiger partial charge in [0.2, 0.25) is 0 Å². The third kappa shape index (κ3) is 3.72. The van der Waals surface area contributed by atoms with Crippen molar-refractivity contribution in [3.63, 3.8) is 0 Å². The maximum absolute atomic E-state index is 12.7. The van der Waals surface area contributed by atoms with E-state index in [0.717, 1.165) is 18.1 Å². The summed E-state index contributed by atoms with van der Waals surface area (Å²) in [6, 6.07) is 9.12. The van der Waals surface area contributed by atoms with E-state index < -0.39 is 11.9 Å². The predicted molar refractivity (Wildman–Crippen MR) is 107 cm³/mol. The molecule has 1 heterocycles. The fourth-order valence-electron chi connectivity index (χ4n) is 3.14. The molecular weight excluding hydrogens is 374 g/mol. The van der Waals surface area contributed by atoms with Crippen molar-refractivity contribution in [2.75, 3.05) is 13.6 Å². The average Bonchev–Trinajstić information content (AvgIpc) is 3.08. The minimum Gasteiger partial charge on any atom is -0.507 e. The van der Waals surface area contributed by atoms with Gasteiger partial charge in [-0.2, -0.15) is 0 Å². The lowest BCUT2D eigenvalue weighted by molar-refractivity contribution is 0.0792. The van der Waals surface area contributed by atoms with E-state index in [1.165, 1.54) is 15.5 Å². The molecule has 0 radical (unpaired) electrons. The number of carbonyl (C=O) groups is 1. The Kier molecular flexibility index (Phi) is 5.69. The third-order valence-electron chi connectivity index (χ3n) is 4.59. The molecule has 3 aromatic rings. The zero-order chi connectivity index (χ0) is 21.1. The van der Waals surface area contributed by atoms with E-state index in [0.29, 0.717) is 12.2 Å². The fraction of sp³-hybridized carbons (Fsp3) is 0.250. The molecule has 0 spiro atoms. The second-order valence-corrected chi connectivity index (χ2v) is 6.61. The molecule has 0 aliphatic heterocycles. The van der Waals surface area contributed by atoms with Crippen molar-refractivity contribution in [3.8, 4) is 34.6 Å². The van der Waals surface area contributed by atoms with Gasteiger partial charge in [-0.1, -0.05) is 30.2 Å². The van der Waals surface area contributed by atoms with Crippen LogP contribution in [0.15, 0.2) is 36.4 Å². The number of nitrogens with two attached hydrogens (primary N) is 1. The zero-order valence-corrected chi connectivity index (χ0v) is 16.2. The number of hydrogen-bond donors (Lipinski definition) is 4. The highest BCUT2D eigenvalue weighted by Crippen LogP contribution is 2.37. The molecular formula is C20H23N5O4. The molecule has 0 atom stereocenters. The molecule has 1 aromatic heterocycles. The first-order chi connectivity index (χ1) is 13.9. The van der Waals surface area contributed by atoms with E-state index in [9.17, 15) is 20.1 Å². The van der Waals surface area contributed by atoms with Crippen molar-refractivity contribution in [2.45, 2.75) is 19.9 Å². The van der Waals surface area contributed by atoms with E-state index in [4.69, 9.17) is 5.73 Å². The number of rotatable bonds is 6. The predicted octanol–water partition coefficient (Wildman–Crippen LogP) is 1.99. The molecule has 0 unspecified atom stereocenters. The van der Waals surface area contributed by atoms with Gasteiger partial charge < -0.3 is 26.0 Å². The number of phenolic OH excluding ortho intramolecular Hbond substituents is 2. The summed E-state index contributed by atoms with van der Waals surface area (Å²) >= 11 is 0. The number of aromatic hydroxyl groups is 3. The average molecular weight is 397 g/mol. The number of hydrogen-bond acceptors (Lipinski definition) is 7. The molecule has 0 aliphatic carbocycles. The monoisotopic (exact) mass is 397 g/mol. The van der Waals surface area contributed by atoms with Crippen LogP contribution in [0.25, 0.3) is 17.1 Å². The van der Waals surface area contributed by atoms with Gasteiger partial charge in [0.05, 0.1) is 16.8 Å². The first-order valence-corrected chi connectivity index (χ1v) is 9.13. The van der Waals surface area contributed by atoms with Crippen LogP contribution in [0.5, 0.6) is 17.5 Å². The Morgan fingerprint density at radius 2 is 1.86 bits per heavy atom. The first kappa shape index (κ1) is 20.2. The van der Waals surface area contributed by atoms with E-state index in [1.807, 2.05) is 13.0 Å². The Morgan fingerprint density at radius 3 is 2.55 bits per heavy atom. The Hall–Kier alpha value is -3.59. The second-order valence-electron chi connectivity index (χ2n) is 6.61. The Balaban J connectivity index is 2.18. The SMILES string of the molecule is CCCN(C)C(=O)c1cc(-c2nnc(O)n2-c2ccccc2CN)c(O)cc1O. The van der Waals surface area contributed by atoms with Crippen molar-refractivity contribution in [1.29, 1.82) is 0 Å². The molecule has 9 nitrogen and oxygen atoms in total. The third-order valence-corrected chi connectivity index (χ3v) is 4.59. The Morgan fingerprint density at radius 1 is 1.14 bits per heavy atom. The lowest BCUT2D eigenvalue weighted by atomic mass is 10.1. The zero-order valence-electron chi connectivity index (χ0n) is 16.2. The summed E-state index contributed by atoms with van der Waals surface area (Å²) in [5.74, 6) is -0.954. The molecule has 1 amide bonds. The van der Waals surface area contributed by atoms with Gasteiger partial charge in [-0.25, -0.2) is 4.57 Å². The van der Waals surface area contributed by atoms with Crippen molar-refractivity contribution in [1.82, 2.24) is 19.7 Å². The molecule has 0 saturated heterocycles. The highest BCUT2D eigenvalue weighted by Gasteiger charge is 2.24. The standard InChI is InChI=1S/C20H23N5O4/c1-3-8-24(2)19(28)14-9-13(16(26)10-17(14)27)18-22-23-20(29)25(18)15-7-5-4-6-12(15)11-21/h4-7,9-10,26-27H,3,8,11,21H2,1-2H3,(H,23,29). The molecule has 29 heavy (non-hydrogen) atoms. The van der Waals surface area contributed by atoms with Crippen molar-refractivity contribution < 1.29 is 20.1 Å². The number of carbonyl (C=O) groups excluding carboxylic acids is 1. The van der Waals surface area contributed by atoms with Crippen molar-refractivity contribution in [2.24, 2.45) is 5.73 Å². The van der Waals surface area contributed by atoms with Crippen LogP contribution in [0.1, 0.15) is 29.3 Å². The summed E-state index contributed by atoms with van der Waals surface area (Å²) in [7, 11) is 1.63. The van der Waals surface area contributed by atoms with E-state index in [2.05, 4.69) is 10.2 Å². The van der Waals surface area contributed by atoms with E-state index >= 15 is 0 Å². The highest BCUT2D eigenvalue weighted by molar-refractivity contribution is 5.98. The van der Waals surface area contributed by atoms with Gasteiger partial charge in [0.1, 0.15) is 11.5 Å². The summed E-state index contributed by atoms with van der Waals surface area (Å²) in [6.07, 6.45) is 0.756. The molecule has 3 rings (SSSR count). The summed E-state index contributed by atoms with van der Waals surface area (Å²) < 4.78 is 1.33. The summed E-state index contributed by atoms with van der Waals surface area (Å²) in [5.41, 5.74) is 7.21.